The Morgan fingerprint density at radius 3 is 2.23 bits per heavy atom. The van der Waals surface area contributed by atoms with Gasteiger partial charge in [0.15, 0.2) is 5.78 Å². The average molecular weight is 1080 g/mol. The number of ketones is 4. The number of anilines is 2. The first kappa shape index (κ1) is 58.0. The fraction of sp³-hybridized carbons (Fsp3) is 0.456. The van der Waals surface area contributed by atoms with Gasteiger partial charge in [-0.25, -0.2) is 9.18 Å². The summed E-state index contributed by atoms with van der Waals surface area (Å²) in [6, 6.07) is 2.56. The monoisotopic (exact) mass is 1080 g/mol. The van der Waals surface area contributed by atoms with E-state index in [4.69, 9.17) is 18.9 Å². The number of benzene rings is 2. The number of nitrogens with one attached hydrogen (secondary N) is 1. The number of fused-ring (bicyclic) bond motifs is 14. The highest BCUT2D eigenvalue weighted by Crippen LogP contribution is 2.49. The number of rotatable bonds is 10. The van der Waals surface area contributed by atoms with E-state index in [1.807, 2.05) is 4.90 Å². The van der Waals surface area contributed by atoms with Gasteiger partial charge in [0.05, 0.1) is 77.5 Å². The number of carboxylic acids is 1. The number of allylic oxidation sites excluding steroid dienone is 4. The van der Waals surface area contributed by atoms with Gasteiger partial charge < -0.3 is 54.5 Å². The topological polar surface area (TPSA) is 271 Å². The molecule has 5 N–H and O–H groups in total. The van der Waals surface area contributed by atoms with Crippen molar-refractivity contribution in [1.29, 1.82) is 0 Å². The third-order valence-corrected chi connectivity index (χ3v) is 15.3. The molecule has 0 aromatic heterocycles. The summed E-state index contributed by atoms with van der Waals surface area (Å²) in [5.41, 5.74) is -0.836. The Bertz CT molecular complexity index is 3050. The van der Waals surface area contributed by atoms with Crippen molar-refractivity contribution >= 4 is 58.6 Å². The number of aliphatic hydroxyl groups is 2. The predicted octanol–water partition coefficient (Wildman–Crippen LogP) is 5.52. The zero-order valence-corrected chi connectivity index (χ0v) is 45.2. The molecule has 1 saturated heterocycles. The van der Waals surface area contributed by atoms with Crippen molar-refractivity contribution in [2.45, 2.75) is 104 Å². The number of phenolic OH excluding ortho intramolecular Hbond substituents is 1. The number of hydrogen-bond acceptors (Lipinski definition) is 18. The van der Waals surface area contributed by atoms with E-state index in [0.717, 1.165) is 31.4 Å². The molecule has 6 aliphatic rings. The number of nitrogens with zero attached hydrogens (tertiary/aromatic N) is 4. The number of carboxylic acid groups (broad SMARTS) is 1. The van der Waals surface area contributed by atoms with Crippen LogP contribution in [0.25, 0.3) is 0 Å². The van der Waals surface area contributed by atoms with Gasteiger partial charge in [-0.3, -0.25) is 33.8 Å². The largest absolute Gasteiger partial charge is 0.507 e. The number of piperazine rings is 1. The number of Topliss-reactive ketones (excluding diaryl/α,β-unsaturated/α-hetero) is 4. The molecule has 2 aromatic carbocycles. The summed E-state index contributed by atoms with van der Waals surface area (Å²) in [6.45, 7) is 15.9. The Kier molecular flexibility index (Phi) is 17.2. The number of carbonyl (C=O) groups excluding carboxylic acids is 6. The summed E-state index contributed by atoms with van der Waals surface area (Å²) in [7, 11) is 3.13. The first-order valence-electron chi connectivity index (χ1n) is 25.6. The molecule has 78 heavy (non-hydrogen) atoms. The normalized spacial score (nSPS) is 28.5. The third-order valence-electron chi connectivity index (χ3n) is 15.3. The second kappa shape index (κ2) is 23.1. The summed E-state index contributed by atoms with van der Waals surface area (Å²) in [4.78, 5) is 99.7. The smallest absolute Gasteiger partial charge is 0.347 e. The van der Waals surface area contributed by atoms with Gasteiger partial charge in [0.2, 0.25) is 11.6 Å². The summed E-state index contributed by atoms with van der Waals surface area (Å²) >= 11 is 0. The number of hydrogen-bond donors (Lipinski definition) is 5. The Morgan fingerprint density at radius 1 is 0.962 bits per heavy atom. The second-order valence-electron chi connectivity index (χ2n) is 20.6. The van der Waals surface area contributed by atoms with Crippen molar-refractivity contribution in [2.75, 3.05) is 50.1 Å². The van der Waals surface area contributed by atoms with E-state index >= 15 is 9.18 Å². The highest BCUT2D eigenvalue weighted by atomic mass is 19.1. The van der Waals surface area contributed by atoms with E-state index in [0.29, 0.717) is 5.69 Å². The van der Waals surface area contributed by atoms with Gasteiger partial charge in [-0.1, -0.05) is 52.5 Å². The lowest BCUT2D eigenvalue weighted by Crippen LogP contribution is -2.46. The van der Waals surface area contributed by atoms with E-state index < -0.39 is 134 Å². The molecule has 0 radical (unpaired) electrons. The van der Waals surface area contributed by atoms with Crippen LogP contribution in [0.1, 0.15) is 108 Å². The second-order valence-corrected chi connectivity index (χ2v) is 20.6. The minimum atomic E-state index is -2.19. The molecule has 8 rings (SSSR count). The first-order valence-corrected chi connectivity index (χ1v) is 25.6. The number of aromatic hydroxyl groups is 1. The molecule has 2 aliphatic carbocycles. The van der Waals surface area contributed by atoms with Gasteiger partial charge in [-0.2, -0.15) is 5.10 Å². The third kappa shape index (κ3) is 11.2. The Hall–Kier alpha value is -7.71. The lowest BCUT2D eigenvalue weighted by atomic mass is 9.78. The molecule has 0 spiro atoms. The zero-order chi connectivity index (χ0) is 57.4. The van der Waals surface area contributed by atoms with Gasteiger partial charge in [0.1, 0.15) is 34.7 Å². The number of halogens is 1. The van der Waals surface area contributed by atoms with Crippen molar-refractivity contribution in [1.82, 2.24) is 10.3 Å². The molecule has 21 heteroatoms. The van der Waals surface area contributed by atoms with Crippen LogP contribution in [0, 0.1) is 36.4 Å². The molecule has 9 atom stereocenters. The number of methoxy groups -OCH3 is 1. The first-order chi connectivity index (χ1) is 36.8. The standard InChI is InChI=1S/C57H66FN5O15/c1-12-35(56(73)74)49(68)36-24-38(58)40(25-39(36)61(10)34-16-17-34)62-19-21-63(22-20-62)59-26-37-45-51(70)43-42(50(37)69)44-53(32(7)48(43)67)78-57(9,54(44)71)76-23-18-41(75-11)29(4)52(77-33(8)64)31(6)47(66)30(5)46(65)27(2)14-13-15-28(3)55(72)60-45/h13-15,18,23-27,29-31,34,41,46-47,52,65-67H,1,16-17,19-22H2,2-11H3,(H,60,72)(H,73,74)/b14-13+,23-18+,28-15-,59-26+/t27-,29+,30+,31+,41-,46-,47+,52+,57-/m0/s1. The van der Waals surface area contributed by atoms with Gasteiger partial charge in [-0.05, 0) is 44.9 Å². The highest BCUT2D eigenvalue weighted by Gasteiger charge is 2.53. The number of ether oxygens (including phenoxy) is 4. The number of carbonyl (C=O) groups is 7. The molecule has 0 unspecified atom stereocenters. The molecular formula is C57H66FN5O15. The fourth-order valence-corrected chi connectivity index (χ4v) is 10.3. The minimum Gasteiger partial charge on any atom is -0.507 e. The fourth-order valence-electron chi connectivity index (χ4n) is 10.3. The molecule has 5 bridgehead atoms. The zero-order valence-electron chi connectivity index (χ0n) is 45.2. The number of phenols is 1. The number of aliphatic hydroxyl groups excluding tert-OH is 2. The van der Waals surface area contributed by atoms with Gasteiger partial charge in [-0.15, -0.1) is 5.73 Å². The average Bonchev–Trinajstić information content (AvgIpc) is 4.41. The number of esters is 1. The van der Waals surface area contributed by atoms with Crippen LogP contribution in [0.15, 0.2) is 82.5 Å². The van der Waals surface area contributed by atoms with Crippen LogP contribution in [0.5, 0.6) is 11.5 Å². The Labute approximate surface area is 450 Å². The van der Waals surface area contributed by atoms with Crippen molar-refractivity contribution in [3.05, 3.63) is 111 Å². The molecule has 2 aromatic rings. The lowest BCUT2D eigenvalue weighted by Gasteiger charge is -2.38. The van der Waals surface area contributed by atoms with Crippen LogP contribution in [0.2, 0.25) is 0 Å². The number of hydrazone groups is 1. The highest BCUT2D eigenvalue weighted by molar-refractivity contribution is 6.38. The van der Waals surface area contributed by atoms with Gasteiger partial charge in [0.25, 0.3) is 11.7 Å². The van der Waals surface area contributed by atoms with Crippen LogP contribution >= 0.6 is 0 Å². The molecule has 4 aliphatic heterocycles. The van der Waals surface area contributed by atoms with Crippen molar-refractivity contribution in [3.63, 3.8) is 0 Å². The number of aliphatic carboxylic acids is 1. The Balaban J connectivity index is 1.26. The molecule has 20 nitrogen and oxygen atoms in total. The summed E-state index contributed by atoms with van der Waals surface area (Å²) in [6.07, 6.45) is 5.61. The molecule has 1 saturated carbocycles. The molecule has 4 heterocycles. The molecule has 1 amide bonds. The lowest BCUT2D eigenvalue weighted by molar-refractivity contribution is -0.160. The van der Waals surface area contributed by atoms with Crippen LogP contribution in [0.3, 0.4) is 0 Å². The van der Waals surface area contributed by atoms with E-state index in [1.54, 1.807) is 45.7 Å². The predicted molar refractivity (Wildman–Crippen MR) is 283 cm³/mol. The van der Waals surface area contributed by atoms with Crippen molar-refractivity contribution < 1.29 is 77.3 Å². The van der Waals surface area contributed by atoms with Gasteiger partial charge >= 0.3 is 17.7 Å². The SMILES string of the molecule is C=C=C(C(=O)O)C(=O)c1cc(F)c(N2CCN(/N=C/C3=C4NC(=O)/C(C)=C\C=C\[C@H](C)[C@H](O)[C@@H](C)[C@@H](O)[C@@H](C)[C@H](OC(C)=O)[C@H](C)[C@@H](OC)/C=C/O[C@@]5(C)Oc6c(C)c(O)c(c(c6C5=O)C3=O)C4=O)CC2)cc1N(C)C1CC1. The van der Waals surface area contributed by atoms with Crippen LogP contribution < -0.4 is 19.9 Å². The Morgan fingerprint density at radius 2 is 1.63 bits per heavy atom. The maximum absolute atomic E-state index is 16.1. The van der Waals surface area contributed by atoms with E-state index in [9.17, 15) is 49.2 Å². The maximum atomic E-state index is 16.1. The number of amides is 1. The summed E-state index contributed by atoms with van der Waals surface area (Å²) < 4.78 is 39.7. The van der Waals surface area contributed by atoms with E-state index in [2.05, 4.69) is 22.7 Å². The van der Waals surface area contributed by atoms with Crippen LogP contribution in [-0.2, 0) is 28.6 Å². The molecular weight excluding hydrogens is 1010 g/mol. The summed E-state index contributed by atoms with van der Waals surface area (Å²) in [5.74, 6) is -13.6. The van der Waals surface area contributed by atoms with Crippen molar-refractivity contribution in [3.8, 4) is 11.5 Å². The molecule has 2 fully saturated rings. The van der Waals surface area contributed by atoms with Crippen LogP contribution in [0.4, 0.5) is 15.8 Å². The van der Waals surface area contributed by atoms with E-state index in [1.165, 1.54) is 64.1 Å². The maximum Gasteiger partial charge on any atom is 0.347 e. The summed E-state index contributed by atoms with van der Waals surface area (Å²) in [5, 5.41) is 53.0. The quantitative estimate of drug-likeness (QED) is 0.0372. The molecule has 416 valence electrons. The van der Waals surface area contributed by atoms with Crippen LogP contribution in [-0.4, -0.2) is 149 Å². The minimum absolute atomic E-state index is 0.0375. The van der Waals surface area contributed by atoms with Crippen molar-refractivity contribution in [2.24, 2.45) is 28.8 Å². The van der Waals surface area contributed by atoms with Gasteiger partial charge in [0, 0.05) is 87.5 Å². The van der Waals surface area contributed by atoms with E-state index in [-0.39, 0.29) is 65.9 Å².